The lowest BCUT2D eigenvalue weighted by atomic mass is 10.1. The molecule has 0 spiro atoms. The van der Waals surface area contributed by atoms with Crippen molar-refractivity contribution in [3.05, 3.63) is 71.9 Å². The van der Waals surface area contributed by atoms with Crippen molar-refractivity contribution >= 4 is 16.8 Å². The van der Waals surface area contributed by atoms with Crippen molar-refractivity contribution in [2.75, 3.05) is 13.1 Å². The Hall–Kier alpha value is -2.59. The molecule has 1 aliphatic rings. The van der Waals surface area contributed by atoms with Crippen LogP contribution in [0.5, 0.6) is 0 Å². The van der Waals surface area contributed by atoms with Crippen molar-refractivity contribution in [3.8, 4) is 0 Å². The van der Waals surface area contributed by atoms with E-state index < -0.39 is 0 Å². The number of rotatable bonds is 3. The first-order valence-corrected chi connectivity index (χ1v) is 9.18. The number of ether oxygens (including phenoxy) is 1. The van der Waals surface area contributed by atoms with Crippen molar-refractivity contribution in [1.29, 1.82) is 0 Å². The van der Waals surface area contributed by atoms with E-state index in [4.69, 9.17) is 4.74 Å². The number of hydrogen-bond acceptors (Lipinski definition) is 2. The van der Waals surface area contributed by atoms with E-state index in [-0.39, 0.29) is 18.1 Å². The number of carbonyl (C=O) groups is 1. The minimum atomic E-state index is 0.0698. The van der Waals surface area contributed by atoms with E-state index in [0.29, 0.717) is 13.1 Å². The van der Waals surface area contributed by atoms with Crippen LogP contribution in [0.1, 0.15) is 29.8 Å². The lowest BCUT2D eigenvalue weighted by Gasteiger charge is -2.35. The fourth-order valence-corrected chi connectivity index (χ4v) is 3.84. The third-order valence-electron chi connectivity index (χ3n) is 4.92. The van der Waals surface area contributed by atoms with Gasteiger partial charge >= 0.3 is 0 Å². The van der Waals surface area contributed by atoms with Crippen LogP contribution in [0.4, 0.5) is 0 Å². The van der Waals surface area contributed by atoms with E-state index in [1.165, 1.54) is 5.56 Å². The second-order valence-corrected chi connectivity index (χ2v) is 7.14. The van der Waals surface area contributed by atoms with Crippen LogP contribution < -0.4 is 0 Å². The monoisotopic (exact) mass is 348 g/mol. The highest BCUT2D eigenvalue weighted by molar-refractivity contribution is 6.07. The van der Waals surface area contributed by atoms with Crippen molar-refractivity contribution in [2.24, 2.45) is 0 Å². The van der Waals surface area contributed by atoms with Gasteiger partial charge < -0.3 is 14.2 Å². The van der Waals surface area contributed by atoms with E-state index in [1.807, 2.05) is 61.3 Å². The highest BCUT2D eigenvalue weighted by Crippen LogP contribution is 2.25. The molecular formula is C22H24N2O2. The molecule has 2 atom stereocenters. The molecule has 2 aromatic carbocycles. The fourth-order valence-electron chi connectivity index (χ4n) is 3.84. The minimum Gasteiger partial charge on any atom is -0.372 e. The molecule has 134 valence electrons. The first-order valence-electron chi connectivity index (χ1n) is 9.18. The van der Waals surface area contributed by atoms with Crippen molar-refractivity contribution in [2.45, 2.75) is 32.6 Å². The fraction of sp³-hybridized carbons (Fsp3) is 0.318. The Morgan fingerprint density at radius 3 is 2.38 bits per heavy atom. The van der Waals surface area contributed by atoms with Gasteiger partial charge in [-0.05, 0) is 25.5 Å². The summed E-state index contributed by atoms with van der Waals surface area (Å²) < 4.78 is 7.95. The van der Waals surface area contributed by atoms with Crippen LogP contribution in [0.3, 0.4) is 0 Å². The average Bonchev–Trinajstić information content (AvgIpc) is 3.00. The Morgan fingerprint density at radius 2 is 1.65 bits per heavy atom. The number of amides is 1. The molecule has 4 heteroatoms. The Labute approximate surface area is 154 Å². The zero-order chi connectivity index (χ0) is 18.1. The number of hydrogen-bond donors (Lipinski definition) is 0. The van der Waals surface area contributed by atoms with Crippen LogP contribution in [0.15, 0.2) is 60.8 Å². The quantitative estimate of drug-likeness (QED) is 0.718. The van der Waals surface area contributed by atoms with Gasteiger partial charge in [0.15, 0.2) is 0 Å². The first kappa shape index (κ1) is 16.9. The molecule has 0 N–H and O–H groups in total. The molecule has 1 saturated heterocycles. The smallest absolute Gasteiger partial charge is 0.256 e. The average molecular weight is 348 g/mol. The van der Waals surface area contributed by atoms with Gasteiger partial charge in [0.05, 0.1) is 17.8 Å². The molecule has 0 bridgehead atoms. The Bertz CT molecular complexity index is 906. The van der Waals surface area contributed by atoms with Crippen LogP contribution in [0.25, 0.3) is 10.9 Å². The van der Waals surface area contributed by atoms with Gasteiger partial charge in [0, 0.05) is 36.7 Å². The molecule has 4 rings (SSSR count). The highest BCUT2D eigenvalue weighted by Gasteiger charge is 2.28. The van der Waals surface area contributed by atoms with Crippen LogP contribution in [0, 0.1) is 0 Å². The van der Waals surface area contributed by atoms with E-state index in [0.717, 1.165) is 23.0 Å². The third kappa shape index (κ3) is 3.25. The topological polar surface area (TPSA) is 34.5 Å². The van der Waals surface area contributed by atoms with Gasteiger partial charge in [0.2, 0.25) is 0 Å². The van der Waals surface area contributed by atoms with Gasteiger partial charge in [-0.25, -0.2) is 0 Å². The maximum atomic E-state index is 13.2. The zero-order valence-electron chi connectivity index (χ0n) is 15.3. The summed E-state index contributed by atoms with van der Waals surface area (Å²) in [4.78, 5) is 15.2. The number of morpholine rings is 1. The van der Waals surface area contributed by atoms with Crippen LogP contribution in [-0.4, -0.2) is 40.7 Å². The second-order valence-electron chi connectivity index (χ2n) is 7.14. The zero-order valence-corrected chi connectivity index (χ0v) is 15.3. The van der Waals surface area contributed by atoms with Gasteiger partial charge in [0.1, 0.15) is 0 Å². The number of aromatic nitrogens is 1. The lowest BCUT2D eigenvalue weighted by molar-refractivity contribution is -0.0585. The molecule has 0 saturated carbocycles. The van der Waals surface area contributed by atoms with Gasteiger partial charge in [-0.15, -0.1) is 0 Å². The Balaban J connectivity index is 1.70. The van der Waals surface area contributed by atoms with Gasteiger partial charge in [-0.3, -0.25) is 4.79 Å². The molecule has 1 aliphatic heterocycles. The normalized spacial score (nSPS) is 20.5. The molecular weight excluding hydrogens is 324 g/mol. The molecule has 1 fully saturated rings. The van der Waals surface area contributed by atoms with E-state index in [2.05, 4.69) is 22.8 Å². The number of fused-ring (bicyclic) bond motifs is 1. The van der Waals surface area contributed by atoms with Crippen LogP contribution in [0.2, 0.25) is 0 Å². The number of para-hydroxylation sites is 1. The standard InChI is InChI=1S/C22H24N2O2/c1-16-12-24(13-17(2)26-16)22(25)20-15-23(14-18-8-4-3-5-9-18)21-11-7-6-10-19(20)21/h3-11,15-17H,12-14H2,1-2H3/t16-,17-/m1/s1. The first-order chi connectivity index (χ1) is 12.6. The number of carbonyl (C=O) groups excluding carboxylic acids is 1. The predicted molar refractivity (Wildman–Crippen MR) is 103 cm³/mol. The summed E-state index contributed by atoms with van der Waals surface area (Å²) in [6.45, 7) is 6.08. The Kier molecular flexibility index (Phi) is 4.51. The van der Waals surface area contributed by atoms with Gasteiger partial charge in [-0.1, -0.05) is 48.5 Å². The van der Waals surface area contributed by atoms with Gasteiger partial charge in [-0.2, -0.15) is 0 Å². The summed E-state index contributed by atoms with van der Waals surface area (Å²) in [7, 11) is 0. The number of nitrogens with zero attached hydrogens (tertiary/aromatic N) is 2. The molecule has 1 aromatic heterocycles. The SMILES string of the molecule is C[C@@H]1CN(C(=O)c2cn(Cc3ccccc3)c3ccccc23)C[C@@H](C)O1. The molecule has 1 amide bonds. The minimum absolute atomic E-state index is 0.0698. The molecule has 26 heavy (non-hydrogen) atoms. The van der Waals surface area contributed by atoms with E-state index >= 15 is 0 Å². The maximum absolute atomic E-state index is 13.2. The summed E-state index contributed by atoms with van der Waals surface area (Å²) in [5, 5.41) is 1.01. The molecule has 0 radical (unpaired) electrons. The third-order valence-corrected chi connectivity index (χ3v) is 4.92. The van der Waals surface area contributed by atoms with E-state index in [1.54, 1.807) is 0 Å². The largest absolute Gasteiger partial charge is 0.372 e. The predicted octanol–water partition coefficient (Wildman–Crippen LogP) is 3.94. The number of benzene rings is 2. The van der Waals surface area contributed by atoms with Crippen LogP contribution >= 0.6 is 0 Å². The van der Waals surface area contributed by atoms with Gasteiger partial charge in [0.25, 0.3) is 5.91 Å². The maximum Gasteiger partial charge on any atom is 0.256 e. The summed E-state index contributed by atoms with van der Waals surface area (Å²) in [6, 6.07) is 18.5. The van der Waals surface area contributed by atoms with Crippen LogP contribution in [-0.2, 0) is 11.3 Å². The van der Waals surface area contributed by atoms with Crippen molar-refractivity contribution in [3.63, 3.8) is 0 Å². The molecule has 0 unspecified atom stereocenters. The second kappa shape index (κ2) is 6.96. The Morgan fingerprint density at radius 1 is 1.00 bits per heavy atom. The lowest BCUT2D eigenvalue weighted by Crippen LogP contribution is -2.48. The summed E-state index contributed by atoms with van der Waals surface area (Å²) >= 11 is 0. The van der Waals surface area contributed by atoms with Crippen molar-refractivity contribution < 1.29 is 9.53 Å². The molecule has 0 aliphatic carbocycles. The summed E-state index contributed by atoms with van der Waals surface area (Å²) in [6.07, 6.45) is 2.14. The summed E-state index contributed by atoms with van der Waals surface area (Å²) in [5.41, 5.74) is 3.09. The molecule has 4 nitrogen and oxygen atoms in total. The molecule has 3 aromatic rings. The summed E-state index contributed by atoms with van der Waals surface area (Å²) in [5.74, 6) is 0.0926. The van der Waals surface area contributed by atoms with Crippen molar-refractivity contribution in [1.82, 2.24) is 9.47 Å². The molecule has 2 heterocycles. The van der Waals surface area contributed by atoms with E-state index in [9.17, 15) is 4.79 Å². The highest BCUT2D eigenvalue weighted by atomic mass is 16.5.